The number of imide groups is 1. The van der Waals surface area contributed by atoms with Crippen LogP contribution in [0.1, 0.15) is 52.4 Å². The lowest BCUT2D eigenvalue weighted by molar-refractivity contribution is -0.795. The van der Waals surface area contributed by atoms with E-state index in [4.69, 9.17) is 0 Å². The van der Waals surface area contributed by atoms with Crippen molar-refractivity contribution in [1.29, 1.82) is 0 Å². The molecular weight excluding hydrogens is 262 g/mol. The van der Waals surface area contributed by atoms with Gasteiger partial charge in [0, 0.05) is 18.1 Å². The van der Waals surface area contributed by atoms with Crippen LogP contribution in [0, 0.1) is 5.41 Å². The number of amides is 2. The van der Waals surface area contributed by atoms with Crippen LogP contribution in [-0.2, 0) is 4.79 Å². The van der Waals surface area contributed by atoms with Crippen LogP contribution < -0.4 is 0 Å². The molecule has 5 heteroatoms. The molecule has 2 fully saturated rings. The van der Waals surface area contributed by atoms with Crippen LogP contribution in [0.3, 0.4) is 0 Å². The summed E-state index contributed by atoms with van der Waals surface area (Å²) in [5, 5.41) is 9.69. The SMILES string of the molecule is CCC1(C(=O)[N+]2(C(=O)O)CCC[C@H]2C)CCCC1S. The Balaban J connectivity index is 2.43. The second kappa shape index (κ2) is 5.09. The highest BCUT2D eigenvalue weighted by atomic mass is 32.1. The Bertz CT molecular complexity index is 400. The van der Waals surface area contributed by atoms with Crippen molar-refractivity contribution in [3.8, 4) is 0 Å². The summed E-state index contributed by atoms with van der Waals surface area (Å²) in [4.78, 5) is 25.0. The second-order valence-electron chi connectivity index (χ2n) is 6.09. The van der Waals surface area contributed by atoms with Gasteiger partial charge in [0.05, 0.1) is 12.0 Å². The first-order valence-corrected chi connectivity index (χ1v) is 7.77. The van der Waals surface area contributed by atoms with E-state index < -0.39 is 11.5 Å². The highest BCUT2D eigenvalue weighted by Gasteiger charge is 2.62. The molecule has 1 aliphatic carbocycles. The number of likely N-dealkylation sites (tertiary alicyclic amines) is 1. The van der Waals surface area contributed by atoms with Crippen LogP contribution in [0.4, 0.5) is 4.79 Å². The zero-order valence-corrected chi connectivity index (χ0v) is 12.7. The molecule has 0 aromatic carbocycles. The number of nitrogens with zero attached hydrogens (tertiary/aromatic N) is 1. The van der Waals surface area contributed by atoms with Gasteiger partial charge in [0.15, 0.2) is 0 Å². The van der Waals surface area contributed by atoms with E-state index in [1.807, 2.05) is 13.8 Å². The van der Waals surface area contributed by atoms with E-state index in [1.165, 1.54) is 0 Å². The maximum Gasteiger partial charge on any atom is 0.521 e. The minimum absolute atomic E-state index is 0.00662. The fourth-order valence-electron chi connectivity index (χ4n) is 4.01. The predicted octanol–water partition coefficient (Wildman–Crippen LogP) is 3.07. The van der Waals surface area contributed by atoms with Crippen molar-refractivity contribution in [2.24, 2.45) is 5.41 Å². The highest BCUT2D eigenvalue weighted by Crippen LogP contribution is 2.48. The van der Waals surface area contributed by atoms with Crippen molar-refractivity contribution < 1.29 is 19.2 Å². The zero-order valence-electron chi connectivity index (χ0n) is 11.8. The quantitative estimate of drug-likeness (QED) is 0.606. The molecule has 3 unspecified atom stereocenters. The van der Waals surface area contributed by atoms with E-state index in [-0.39, 0.29) is 21.7 Å². The number of hydrogen-bond acceptors (Lipinski definition) is 3. The predicted molar refractivity (Wildman–Crippen MR) is 76.2 cm³/mol. The van der Waals surface area contributed by atoms with Gasteiger partial charge in [0.25, 0.3) is 0 Å². The first kappa shape index (κ1) is 14.9. The van der Waals surface area contributed by atoms with Gasteiger partial charge in [-0.3, -0.25) is 0 Å². The third-order valence-electron chi connectivity index (χ3n) is 5.38. The molecule has 2 rings (SSSR count). The Hall–Kier alpha value is -0.550. The van der Waals surface area contributed by atoms with E-state index in [9.17, 15) is 14.7 Å². The van der Waals surface area contributed by atoms with Crippen LogP contribution in [0.15, 0.2) is 0 Å². The average Bonchev–Trinajstić information content (AvgIpc) is 2.93. The van der Waals surface area contributed by atoms with Gasteiger partial charge in [0.1, 0.15) is 6.04 Å². The minimum Gasteiger partial charge on any atom is -0.435 e. The molecule has 108 valence electrons. The van der Waals surface area contributed by atoms with Gasteiger partial charge < -0.3 is 5.11 Å². The number of carbonyl (C=O) groups is 2. The molecule has 0 bridgehead atoms. The number of carbonyl (C=O) groups excluding carboxylic acids is 1. The van der Waals surface area contributed by atoms with Crippen molar-refractivity contribution >= 4 is 24.6 Å². The van der Waals surface area contributed by atoms with Gasteiger partial charge in [0.2, 0.25) is 0 Å². The first-order valence-electron chi connectivity index (χ1n) is 7.26. The summed E-state index contributed by atoms with van der Waals surface area (Å²) >= 11 is 4.60. The van der Waals surface area contributed by atoms with Crippen LogP contribution >= 0.6 is 12.6 Å². The Kier molecular flexibility index (Phi) is 3.98. The molecule has 1 heterocycles. The number of quaternary nitrogens is 1. The monoisotopic (exact) mass is 286 g/mol. The number of carboxylic acid groups (broad SMARTS) is 1. The van der Waals surface area contributed by atoms with Gasteiger partial charge in [-0.2, -0.15) is 21.9 Å². The molecule has 1 saturated heterocycles. The van der Waals surface area contributed by atoms with E-state index in [0.717, 1.165) is 32.1 Å². The second-order valence-corrected chi connectivity index (χ2v) is 6.71. The third-order valence-corrected chi connectivity index (χ3v) is 6.14. The largest absolute Gasteiger partial charge is 0.521 e. The third kappa shape index (κ3) is 1.93. The first-order chi connectivity index (χ1) is 8.91. The van der Waals surface area contributed by atoms with E-state index in [0.29, 0.717) is 13.0 Å². The summed E-state index contributed by atoms with van der Waals surface area (Å²) in [6.45, 7) is 4.33. The molecule has 4 atom stereocenters. The maximum atomic E-state index is 13.1. The number of thiol groups is 1. The normalized spacial score (nSPS) is 42.5. The summed E-state index contributed by atoms with van der Waals surface area (Å²) in [6.07, 6.45) is 4.02. The van der Waals surface area contributed by atoms with Gasteiger partial charge in [-0.25, -0.2) is 4.79 Å². The van der Waals surface area contributed by atoms with Crippen LogP contribution in [-0.4, -0.2) is 39.4 Å². The number of rotatable bonds is 2. The summed E-state index contributed by atoms with van der Waals surface area (Å²) in [6, 6.07) is -0.116. The van der Waals surface area contributed by atoms with Crippen molar-refractivity contribution in [2.45, 2.75) is 63.7 Å². The Morgan fingerprint density at radius 2 is 2.05 bits per heavy atom. The highest BCUT2D eigenvalue weighted by molar-refractivity contribution is 7.81. The molecule has 0 spiro atoms. The summed E-state index contributed by atoms with van der Waals surface area (Å²) in [5.74, 6) is -0.0926. The molecule has 4 nitrogen and oxygen atoms in total. The molecule has 0 aromatic rings. The minimum atomic E-state index is -0.977. The molecule has 1 N–H and O–H groups in total. The van der Waals surface area contributed by atoms with Gasteiger partial charge >= 0.3 is 12.0 Å². The fraction of sp³-hybridized carbons (Fsp3) is 0.857. The smallest absolute Gasteiger partial charge is 0.435 e. The van der Waals surface area contributed by atoms with E-state index >= 15 is 0 Å². The fourth-order valence-corrected chi connectivity index (χ4v) is 4.62. The van der Waals surface area contributed by atoms with Crippen molar-refractivity contribution in [3.63, 3.8) is 0 Å². The Morgan fingerprint density at radius 3 is 2.42 bits per heavy atom. The van der Waals surface area contributed by atoms with Gasteiger partial charge in [-0.15, -0.1) is 0 Å². The van der Waals surface area contributed by atoms with E-state index in [2.05, 4.69) is 12.6 Å². The standard InChI is InChI=1S/C14H23NO3S/c1-3-14(8-4-7-11(14)19)12(16)15(13(17)18)9-5-6-10(15)2/h10-11H,3-9H2,1-2H3,(H-,17,18,19)/p+1/t10-,11?,14?,15?/m1/s1. The summed E-state index contributed by atoms with van der Waals surface area (Å²) < 4.78 is -0.370. The lowest BCUT2D eigenvalue weighted by Crippen LogP contribution is -2.64. The summed E-state index contributed by atoms with van der Waals surface area (Å²) in [7, 11) is 0. The molecule has 2 amide bonds. The Morgan fingerprint density at radius 1 is 1.37 bits per heavy atom. The topological polar surface area (TPSA) is 54.4 Å². The van der Waals surface area contributed by atoms with Crippen LogP contribution in [0.2, 0.25) is 0 Å². The molecule has 2 aliphatic rings. The Labute approximate surface area is 120 Å². The molecule has 19 heavy (non-hydrogen) atoms. The average molecular weight is 286 g/mol. The van der Waals surface area contributed by atoms with E-state index in [1.54, 1.807) is 0 Å². The van der Waals surface area contributed by atoms with Crippen LogP contribution in [0.25, 0.3) is 0 Å². The van der Waals surface area contributed by atoms with Gasteiger partial charge in [-0.1, -0.05) is 13.3 Å². The maximum absolute atomic E-state index is 13.1. The summed E-state index contributed by atoms with van der Waals surface area (Å²) in [5.41, 5.74) is -0.542. The number of hydrogen-bond donors (Lipinski definition) is 2. The molecule has 1 aliphatic heterocycles. The zero-order chi connectivity index (χ0) is 14.3. The molecule has 1 saturated carbocycles. The van der Waals surface area contributed by atoms with Gasteiger partial charge in [-0.05, 0) is 26.2 Å². The lowest BCUT2D eigenvalue weighted by Gasteiger charge is -2.39. The lowest BCUT2D eigenvalue weighted by atomic mass is 9.80. The van der Waals surface area contributed by atoms with Crippen LogP contribution in [0.5, 0.6) is 0 Å². The molecular formula is C14H24NO3S+. The molecule has 0 radical (unpaired) electrons. The van der Waals surface area contributed by atoms with Crippen molar-refractivity contribution in [1.82, 2.24) is 0 Å². The molecule has 0 aromatic heterocycles. The van der Waals surface area contributed by atoms with Crippen molar-refractivity contribution in [3.05, 3.63) is 0 Å². The van der Waals surface area contributed by atoms with Crippen molar-refractivity contribution in [2.75, 3.05) is 6.54 Å².